The first kappa shape index (κ1) is 22.7. The molecule has 1 aliphatic heterocycles. The van der Waals surface area contributed by atoms with Crippen LogP contribution in [0.25, 0.3) is 0 Å². The Morgan fingerprint density at radius 2 is 2.03 bits per heavy atom. The number of hydrogen-bond acceptors (Lipinski definition) is 9. The van der Waals surface area contributed by atoms with E-state index in [1.54, 1.807) is 0 Å². The number of amides is 2. The second kappa shape index (κ2) is 10.9. The van der Waals surface area contributed by atoms with Crippen molar-refractivity contribution in [2.45, 2.75) is 56.8 Å². The molecule has 1 aliphatic rings. The fourth-order valence-corrected chi connectivity index (χ4v) is 2.97. The maximum Gasteiger partial charge on any atom is 0.352 e. The number of nitrogens with two attached hydrogens (primary N) is 3. The molecule has 29 heavy (non-hydrogen) atoms. The Bertz CT molecular complexity index is 721. The lowest BCUT2D eigenvalue weighted by Crippen LogP contribution is -2.41. The Morgan fingerprint density at radius 3 is 2.69 bits per heavy atom. The van der Waals surface area contributed by atoms with Crippen LogP contribution in [0.2, 0.25) is 0 Å². The molecule has 0 fully saturated rings. The molecule has 1 aromatic heterocycles. The molecule has 9 N–H and O–H groups in total. The van der Waals surface area contributed by atoms with Gasteiger partial charge < -0.3 is 37.3 Å². The van der Waals surface area contributed by atoms with Gasteiger partial charge in [-0.1, -0.05) is 17.7 Å². The zero-order valence-corrected chi connectivity index (χ0v) is 16.2. The lowest BCUT2D eigenvalue weighted by molar-refractivity contribution is -0.133. The summed E-state index contributed by atoms with van der Waals surface area (Å²) in [5.41, 5.74) is 16.9. The average Bonchev–Trinajstić information content (AvgIpc) is 3.34. The van der Waals surface area contributed by atoms with Gasteiger partial charge in [-0.15, -0.1) is 0 Å². The van der Waals surface area contributed by atoms with Gasteiger partial charge in [0.05, 0.1) is 6.04 Å². The summed E-state index contributed by atoms with van der Waals surface area (Å²) in [5.74, 6) is -0.768. The zero-order valence-electron chi connectivity index (χ0n) is 16.2. The minimum atomic E-state index is -1.19. The van der Waals surface area contributed by atoms with E-state index in [9.17, 15) is 19.8 Å². The van der Waals surface area contributed by atoms with E-state index in [2.05, 4.69) is 15.5 Å². The first-order valence-corrected chi connectivity index (χ1v) is 9.57. The highest BCUT2D eigenvalue weighted by atomic mass is 16.5. The van der Waals surface area contributed by atoms with Gasteiger partial charge in [-0.3, -0.25) is 4.90 Å². The summed E-state index contributed by atoms with van der Waals surface area (Å²) >= 11 is 0. The van der Waals surface area contributed by atoms with Crippen LogP contribution in [-0.2, 0) is 4.79 Å². The zero-order chi connectivity index (χ0) is 21.4. The van der Waals surface area contributed by atoms with Gasteiger partial charge in [0.15, 0.2) is 5.82 Å². The Balaban J connectivity index is 2.09. The van der Waals surface area contributed by atoms with Gasteiger partial charge in [0, 0.05) is 6.54 Å². The van der Waals surface area contributed by atoms with E-state index in [-0.39, 0.29) is 31.0 Å². The lowest BCUT2D eigenvalue weighted by Gasteiger charge is -2.22. The third kappa shape index (κ3) is 6.49. The predicted octanol–water partition coefficient (Wildman–Crippen LogP) is -0.319. The molecule has 162 valence electrons. The molecule has 12 heteroatoms. The van der Waals surface area contributed by atoms with Crippen molar-refractivity contribution in [3.05, 3.63) is 23.5 Å². The van der Waals surface area contributed by atoms with Gasteiger partial charge in [-0.25, -0.2) is 9.59 Å². The van der Waals surface area contributed by atoms with Crippen molar-refractivity contribution in [3.63, 3.8) is 0 Å². The molecule has 0 aromatic carbocycles. The number of urea groups is 1. The fourth-order valence-electron chi connectivity index (χ4n) is 2.97. The van der Waals surface area contributed by atoms with Crippen molar-refractivity contribution < 1.29 is 24.3 Å². The topological polar surface area (TPSA) is 207 Å². The highest BCUT2D eigenvalue weighted by Crippen LogP contribution is 2.22. The predicted molar refractivity (Wildman–Crippen MR) is 102 cm³/mol. The van der Waals surface area contributed by atoms with E-state index in [1.807, 2.05) is 0 Å². The van der Waals surface area contributed by atoms with Gasteiger partial charge in [-0.05, 0) is 38.6 Å². The van der Waals surface area contributed by atoms with Gasteiger partial charge >= 0.3 is 12.0 Å². The smallest absolute Gasteiger partial charge is 0.352 e. The normalized spacial score (nSPS) is 17.0. The van der Waals surface area contributed by atoms with E-state index in [1.165, 1.54) is 6.08 Å². The molecule has 0 radical (unpaired) electrons. The number of aliphatic hydroxyl groups is 1. The summed E-state index contributed by atoms with van der Waals surface area (Å²) in [5, 5.41) is 25.2. The third-order valence-corrected chi connectivity index (χ3v) is 4.55. The number of carboxylic acid groups (broad SMARTS) is 1. The van der Waals surface area contributed by atoms with Crippen LogP contribution in [0.3, 0.4) is 0 Å². The molecular formula is C17H29N7O5. The lowest BCUT2D eigenvalue weighted by atomic mass is 10.1. The number of carbonyl (C=O) groups excluding carboxylic acids is 1. The van der Waals surface area contributed by atoms with Crippen LogP contribution in [-0.4, -0.2) is 56.6 Å². The molecule has 3 atom stereocenters. The Kier molecular flexibility index (Phi) is 8.51. The largest absolute Gasteiger partial charge is 0.477 e. The number of aromatic nitrogens is 2. The van der Waals surface area contributed by atoms with Crippen molar-refractivity contribution in [2.24, 2.45) is 17.2 Å². The molecule has 0 bridgehead atoms. The number of carbonyl (C=O) groups is 2. The summed E-state index contributed by atoms with van der Waals surface area (Å²) in [6.45, 7) is 0.823. The first-order valence-electron chi connectivity index (χ1n) is 9.57. The van der Waals surface area contributed by atoms with Crippen LogP contribution in [0.4, 0.5) is 4.79 Å². The number of unbranched alkanes of at least 4 members (excludes halogenated alkanes) is 1. The number of rotatable bonds is 11. The number of aliphatic carboxylic acids is 1. The van der Waals surface area contributed by atoms with Crippen molar-refractivity contribution in [3.8, 4) is 0 Å². The number of hydrogen-bond donors (Lipinski definition) is 6. The Hall–Kier alpha value is -2.54. The van der Waals surface area contributed by atoms with E-state index >= 15 is 0 Å². The second-order valence-electron chi connectivity index (χ2n) is 6.86. The number of nitrogens with one attached hydrogen (secondary N) is 1. The van der Waals surface area contributed by atoms with Crippen LogP contribution < -0.4 is 22.5 Å². The molecule has 2 amide bonds. The molecule has 1 unspecified atom stereocenters. The van der Waals surface area contributed by atoms with Crippen molar-refractivity contribution in [1.82, 2.24) is 20.4 Å². The van der Waals surface area contributed by atoms with E-state index < -0.39 is 30.3 Å². The quantitative estimate of drug-likeness (QED) is 0.206. The maximum absolute atomic E-state index is 12.6. The second-order valence-corrected chi connectivity index (χ2v) is 6.86. The maximum atomic E-state index is 12.6. The van der Waals surface area contributed by atoms with Crippen LogP contribution in [0.15, 0.2) is 16.3 Å². The fraction of sp³-hybridized carbons (Fsp3) is 0.647. The molecule has 2 rings (SSSR count). The molecule has 0 saturated heterocycles. The van der Waals surface area contributed by atoms with Crippen LogP contribution >= 0.6 is 0 Å². The molecule has 0 aliphatic carbocycles. The minimum Gasteiger partial charge on any atom is -0.477 e. The van der Waals surface area contributed by atoms with Crippen LogP contribution in [0, 0.1) is 0 Å². The highest BCUT2D eigenvalue weighted by Gasteiger charge is 2.30. The van der Waals surface area contributed by atoms with Gasteiger partial charge in [0.2, 0.25) is 5.89 Å². The van der Waals surface area contributed by atoms with Crippen LogP contribution in [0.1, 0.15) is 62.3 Å². The summed E-state index contributed by atoms with van der Waals surface area (Å²) in [6, 6.07) is -1.80. The molecular weight excluding hydrogens is 382 g/mol. The minimum absolute atomic E-state index is 0.0896. The Morgan fingerprint density at radius 1 is 1.28 bits per heavy atom. The van der Waals surface area contributed by atoms with Crippen molar-refractivity contribution in [1.29, 1.82) is 0 Å². The first-order chi connectivity index (χ1) is 13.8. The van der Waals surface area contributed by atoms with E-state index in [0.29, 0.717) is 25.2 Å². The Labute approximate surface area is 168 Å². The summed E-state index contributed by atoms with van der Waals surface area (Å²) < 4.78 is 5.27. The van der Waals surface area contributed by atoms with Crippen molar-refractivity contribution >= 4 is 12.0 Å². The SMILES string of the molecule is NCCCC[C@H](N)c1noc([C@H](CCC(N)O)NC(=O)N2CCC=C2C(=O)O)n1. The molecule has 0 saturated carbocycles. The number of nitrogens with zero attached hydrogens (tertiary/aromatic N) is 3. The molecule has 0 spiro atoms. The van der Waals surface area contributed by atoms with Gasteiger partial charge in [-0.2, -0.15) is 4.98 Å². The monoisotopic (exact) mass is 411 g/mol. The third-order valence-electron chi connectivity index (χ3n) is 4.55. The molecule has 1 aromatic rings. The molecule has 2 heterocycles. The molecule has 12 nitrogen and oxygen atoms in total. The van der Waals surface area contributed by atoms with Crippen molar-refractivity contribution in [2.75, 3.05) is 13.1 Å². The summed E-state index contributed by atoms with van der Waals surface area (Å²) in [6.07, 6.45) is 3.50. The van der Waals surface area contributed by atoms with Crippen LogP contribution in [0.5, 0.6) is 0 Å². The highest BCUT2D eigenvalue weighted by molar-refractivity contribution is 5.92. The van der Waals surface area contributed by atoms with Gasteiger partial charge in [0.25, 0.3) is 0 Å². The average molecular weight is 411 g/mol. The van der Waals surface area contributed by atoms with E-state index in [0.717, 1.165) is 17.7 Å². The van der Waals surface area contributed by atoms with Gasteiger partial charge in [0.1, 0.15) is 18.0 Å². The van der Waals surface area contributed by atoms with E-state index in [4.69, 9.17) is 21.7 Å². The number of aliphatic hydroxyl groups excluding tert-OH is 1. The summed E-state index contributed by atoms with van der Waals surface area (Å²) in [7, 11) is 0. The standard InChI is InChI=1S/C17H29N7O5/c18-8-2-1-4-10(19)14-22-15(29-23-14)11(6-7-13(20)25)21-17(28)24-9-3-5-12(24)16(26)27/h5,10-11,13,25H,1-4,6-9,18-20H2,(H,21,28)(H,26,27)/t10-,11-,13?/m0/s1. The number of carboxylic acids is 1. The summed E-state index contributed by atoms with van der Waals surface area (Å²) in [4.78, 5) is 29.3.